The molecule has 27 heavy (non-hydrogen) atoms. The third-order valence-corrected chi connectivity index (χ3v) is 4.92. The number of rotatable bonds is 4. The Labute approximate surface area is 157 Å². The van der Waals surface area contributed by atoms with Crippen molar-refractivity contribution in [1.29, 1.82) is 0 Å². The molecule has 0 atom stereocenters. The maximum atomic E-state index is 12.1. The Morgan fingerprint density at radius 2 is 1.85 bits per heavy atom. The van der Waals surface area contributed by atoms with Gasteiger partial charge in [-0.2, -0.15) is 14.7 Å². The van der Waals surface area contributed by atoms with E-state index in [0.29, 0.717) is 19.0 Å². The van der Waals surface area contributed by atoms with Gasteiger partial charge in [-0.3, -0.25) is 9.69 Å². The number of aromatic nitrogens is 6. The molecule has 1 aliphatic rings. The summed E-state index contributed by atoms with van der Waals surface area (Å²) in [7, 11) is 0. The highest BCUT2D eigenvalue weighted by Crippen LogP contribution is 2.21. The molecule has 0 bridgehead atoms. The predicted octanol–water partition coefficient (Wildman–Crippen LogP) is 1.42. The molecule has 1 saturated heterocycles. The molecule has 1 aliphatic heterocycles. The van der Waals surface area contributed by atoms with E-state index in [1.165, 1.54) is 0 Å². The van der Waals surface area contributed by atoms with Crippen molar-refractivity contribution in [3.63, 3.8) is 0 Å². The van der Waals surface area contributed by atoms with Gasteiger partial charge in [0.15, 0.2) is 11.5 Å². The fourth-order valence-corrected chi connectivity index (χ4v) is 3.37. The zero-order chi connectivity index (χ0) is 19.2. The molecule has 4 heterocycles. The maximum absolute atomic E-state index is 12.1. The lowest BCUT2D eigenvalue weighted by Crippen LogP contribution is -2.49. The molecule has 0 unspecified atom stereocenters. The van der Waals surface area contributed by atoms with Crippen molar-refractivity contribution in [2.75, 3.05) is 13.1 Å². The van der Waals surface area contributed by atoms with Gasteiger partial charge in [-0.15, -0.1) is 10.2 Å². The van der Waals surface area contributed by atoms with E-state index in [1.54, 1.807) is 10.7 Å². The summed E-state index contributed by atoms with van der Waals surface area (Å²) in [5.74, 6) is 1.26. The lowest BCUT2D eigenvalue weighted by Gasteiger charge is -2.38. The minimum atomic E-state index is -0.0685. The van der Waals surface area contributed by atoms with Crippen LogP contribution in [-0.2, 0) is 18.5 Å². The first-order chi connectivity index (χ1) is 12.8. The van der Waals surface area contributed by atoms with Gasteiger partial charge in [0, 0.05) is 30.5 Å². The highest BCUT2D eigenvalue weighted by molar-refractivity contribution is 5.36. The van der Waals surface area contributed by atoms with Crippen LogP contribution < -0.4 is 5.56 Å². The molecule has 8 heteroatoms. The highest BCUT2D eigenvalue weighted by Gasteiger charge is 2.29. The van der Waals surface area contributed by atoms with Crippen LogP contribution in [0.2, 0.25) is 0 Å². The Morgan fingerprint density at radius 3 is 2.59 bits per heavy atom. The Morgan fingerprint density at radius 1 is 1.07 bits per heavy atom. The molecule has 4 rings (SSSR count). The zero-order valence-electron chi connectivity index (χ0n) is 16.3. The van der Waals surface area contributed by atoms with Gasteiger partial charge in [0.25, 0.3) is 5.56 Å². The van der Waals surface area contributed by atoms with Crippen molar-refractivity contribution < 1.29 is 0 Å². The van der Waals surface area contributed by atoms with Gasteiger partial charge in [-0.25, -0.2) is 4.68 Å². The fourth-order valence-electron chi connectivity index (χ4n) is 3.37. The van der Waals surface area contributed by atoms with E-state index in [1.807, 2.05) is 29.6 Å². The second kappa shape index (κ2) is 6.53. The van der Waals surface area contributed by atoms with Crippen LogP contribution in [0, 0.1) is 12.8 Å². The Kier molecular flexibility index (Phi) is 4.30. The lowest BCUT2D eigenvalue weighted by molar-refractivity contribution is 0.0731. The number of fused-ring (bicyclic) bond motifs is 1. The molecule has 0 spiro atoms. The van der Waals surface area contributed by atoms with Crippen LogP contribution in [0.4, 0.5) is 0 Å². The molecule has 8 nitrogen and oxygen atoms in total. The van der Waals surface area contributed by atoms with Gasteiger partial charge in [-0.05, 0) is 25.1 Å². The van der Waals surface area contributed by atoms with Crippen LogP contribution in [0.15, 0.2) is 29.1 Å². The van der Waals surface area contributed by atoms with Gasteiger partial charge in [0.05, 0.1) is 24.5 Å². The molecule has 1 fully saturated rings. The Hall–Kier alpha value is -2.61. The summed E-state index contributed by atoms with van der Waals surface area (Å²) >= 11 is 0. The van der Waals surface area contributed by atoms with Crippen molar-refractivity contribution in [3.8, 4) is 0 Å². The minimum absolute atomic E-state index is 0.0374. The monoisotopic (exact) mass is 367 g/mol. The van der Waals surface area contributed by atoms with Gasteiger partial charge in [0.1, 0.15) is 0 Å². The first kappa shape index (κ1) is 17.8. The first-order valence-corrected chi connectivity index (χ1v) is 9.28. The van der Waals surface area contributed by atoms with Gasteiger partial charge in [0.2, 0.25) is 0 Å². The molecule has 142 valence electrons. The van der Waals surface area contributed by atoms with Gasteiger partial charge >= 0.3 is 0 Å². The van der Waals surface area contributed by atoms with Crippen molar-refractivity contribution in [1.82, 2.24) is 34.5 Å². The van der Waals surface area contributed by atoms with Crippen molar-refractivity contribution >= 4 is 5.65 Å². The first-order valence-electron chi connectivity index (χ1n) is 9.28. The molecule has 3 aromatic rings. The molecule has 0 amide bonds. The normalized spacial score (nSPS) is 16.0. The lowest BCUT2D eigenvalue weighted by atomic mass is 9.92. The minimum Gasteiger partial charge on any atom is -0.295 e. The molecule has 0 N–H and O–H groups in total. The number of hydrogen-bond donors (Lipinski definition) is 0. The number of hydrogen-bond acceptors (Lipinski definition) is 6. The Bertz CT molecular complexity index is 1020. The highest BCUT2D eigenvalue weighted by atomic mass is 16.1. The van der Waals surface area contributed by atoms with Crippen LogP contribution in [0.5, 0.6) is 0 Å². The predicted molar refractivity (Wildman–Crippen MR) is 101 cm³/mol. The van der Waals surface area contributed by atoms with Gasteiger partial charge in [-0.1, -0.05) is 20.8 Å². The third-order valence-electron chi connectivity index (χ3n) is 4.92. The molecule has 0 radical (unpaired) electrons. The SMILES string of the molecule is Cc1ccc2nnc(CN3CC(Cn4nc(C(C)(C)C)ccc4=O)C3)n2n1. The van der Waals surface area contributed by atoms with E-state index in [-0.39, 0.29) is 11.0 Å². The van der Waals surface area contributed by atoms with E-state index in [9.17, 15) is 4.79 Å². The van der Waals surface area contributed by atoms with Crippen molar-refractivity contribution in [3.05, 3.63) is 51.8 Å². The van der Waals surface area contributed by atoms with E-state index in [0.717, 1.165) is 35.9 Å². The largest absolute Gasteiger partial charge is 0.295 e. The summed E-state index contributed by atoms with van der Waals surface area (Å²) in [4.78, 5) is 14.4. The smallest absolute Gasteiger partial charge is 0.266 e. The van der Waals surface area contributed by atoms with E-state index in [4.69, 9.17) is 0 Å². The van der Waals surface area contributed by atoms with E-state index >= 15 is 0 Å². The van der Waals surface area contributed by atoms with E-state index in [2.05, 4.69) is 46.1 Å². The summed E-state index contributed by atoms with van der Waals surface area (Å²) in [6, 6.07) is 7.32. The second-order valence-corrected chi connectivity index (χ2v) is 8.41. The summed E-state index contributed by atoms with van der Waals surface area (Å²) in [6.07, 6.45) is 0. The van der Waals surface area contributed by atoms with Crippen molar-refractivity contribution in [2.24, 2.45) is 5.92 Å². The van der Waals surface area contributed by atoms with Crippen LogP contribution in [-0.4, -0.2) is 47.6 Å². The summed E-state index contributed by atoms with van der Waals surface area (Å²) in [5, 5.41) is 17.5. The van der Waals surface area contributed by atoms with Crippen molar-refractivity contribution in [2.45, 2.75) is 46.2 Å². The Balaban J connectivity index is 1.40. The van der Waals surface area contributed by atoms with E-state index < -0.39 is 0 Å². The van der Waals surface area contributed by atoms with Crippen LogP contribution in [0.1, 0.15) is 38.0 Å². The average Bonchev–Trinajstić information content (AvgIpc) is 2.95. The maximum Gasteiger partial charge on any atom is 0.266 e. The summed E-state index contributed by atoms with van der Waals surface area (Å²) in [5.41, 5.74) is 2.54. The second-order valence-electron chi connectivity index (χ2n) is 8.41. The molecule has 0 aliphatic carbocycles. The molecule has 0 saturated carbocycles. The van der Waals surface area contributed by atoms with Gasteiger partial charge < -0.3 is 0 Å². The summed E-state index contributed by atoms with van der Waals surface area (Å²) in [6.45, 7) is 11.5. The number of likely N-dealkylation sites (tertiary alicyclic amines) is 1. The number of nitrogens with zero attached hydrogens (tertiary/aromatic N) is 7. The standard InChI is InChI=1S/C19H25N7O/c1-13-5-7-16-20-21-17(26(16)22-13)12-24-9-14(10-24)11-25-18(27)8-6-15(23-25)19(2,3)4/h5-8,14H,9-12H2,1-4H3. The average molecular weight is 367 g/mol. The quantitative estimate of drug-likeness (QED) is 0.694. The molecular weight excluding hydrogens is 342 g/mol. The third kappa shape index (κ3) is 3.62. The van der Waals surface area contributed by atoms with Crippen LogP contribution >= 0.6 is 0 Å². The van der Waals surface area contributed by atoms with Crippen LogP contribution in [0.3, 0.4) is 0 Å². The molecular formula is C19H25N7O. The summed E-state index contributed by atoms with van der Waals surface area (Å²) < 4.78 is 3.42. The topological polar surface area (TPSA) is 81.2 Å². The zero-order valence-corrected chi connectivity index (χ0v) is 16.3. The van der Waals surface area contributed by atoms with Crippen LogP contribution in [0.25, 0.3) is 5.65 Å². The fraction of sp³-hybridized carbons (Fsp3) is 0.526. The molecule has 3 aromatic heterocycles. The molecule has 0 aromatic carbocycles. The number of aryl methyl sites for hydroxylation is 1.